The molecular formula is C32H40N6O3. The van der Waals surface area contributed by atoms with Gasteiger partial charge in [-0.25, -0.2) is 0 Å². The zero-order chi connectivity index (χ0) is 28.4. The number of fused-ring (bicyclic) bond motifs is 3. The Balaban J connectivity index is 1.31. The number of hydrogen-bond donors (Lipinski definition) is 0. The number of ether oxygens (including phenoxy) is 2. The molecule has 1 spiro atoms. The summed E-state index contributed by atoms with van der Waals surface area (Å²) in [5.74, 6) is 1.26. The second-order valence-corrected chi connectivity index (χ2v) is 11.8. The van der Waals surface area contributed by atoms with E-state index in [1.807, 2.05) is 0 Å². The number of aromatic nitrogens is 2. The Kier molecular flexibility index (Phi) is 7.85. The first-order valence-corrected chi connectivity index (χ1v) is 15.1. The summed E-state index contributed by atoms with van der Waals surface area (Å²) in [4.78, 5) is 28.7. The number of anilines is 1. The van der Waals surface area contributed by atoms with Crippen molar-refractivity contribution in [1.82, 2.24) is 19.8 Å². The van der Waals surface area contributed by atoms with Gasteiger partial charge in [0.05, 0.1) is 30.7 Å². The van der Waals surface area contributed by atoms with E-state index in [1.165, 1.54) is 30.0 Å². The van der Waals surface area contributed by atoms with Crippen molar-refractivity contribution < 1.29 is 14.3 Å². The van der Waals surface area contributed by atoms with Crippen LogP contribution in [0.1, 0.15) is 61.6 Å². The predicted octanol–water partition coefficient (Wildman–Crippen LogP) is 4.01. The van der Waals surface area contributed by atoms with Crippen LogP contribution < -0.4 is 14.4 Å². The van der Waals surface area contributed by atoms with E-state index < -0.39 is 5.60 Å². The number of aryl methyl sites for hydroxylation is 1. The van der Waals surface area contributed by atoms with Gasteiger partial charge in [-0.1, -0.05) is 30.8 Å². The topological polar surface area (TPSA) is 94.8 Å². The smallest absolute Gasteiger partial charge is 0.321 e. The van der Waals surface area contributed by atoms with Crippen LogP contribution in [0.4, 0.5) is 5.82 Å². The van der Waals surface area contributed by atoms with Crippen molar-refractivity contribution in [2.45, 2.75) is 75.5 Å². The highest BCUT2D eigenvalue weighted by molar-refractivity contribution is 5.87. The van der Waals surface area contributed by atoms with E-state index in [-0.39, 0.29) is 18.4 Å². The largest absolute Gasteiger partial charge is 0.466 e. The van der Waals surface area contributed by atoms with Crippen LogP contribution in [0, 0.1) is 11.3 Å². The van der Waals surface area contributed by atoms with Crippen molar-refractivity contribution in [2.24, 2.45) is 0 Å². The normalized spacial score (nSPS) is 25.7. The third-order valence-corrected chi connectivity index (χ3v) is 9.45. The molecule has 0 bridgehead atoms. The Morgan fingerprint density at radius 3 is 2.88 bits per heavy atom. The van der Waals surface area contributed by atoms with Crippen LogP contribution in [0.15, 0.2) is 36.9 Å². The van der Waals surface area contributed by atoms with E-state index >= 15 is 0 Å². The maximum absolute atomic E-state index is 12.5. The van der Waals surface area contributed by atoms with Gasteiger partial charge in [-0.3, -0.25) is 4.79 Å². The number of piperazine rings is 1. The standard InChI is InChI=1S/C32H40N6O3/c1-3-28(39)38-20-19-37(22-25(38)13-17-33)29-26-12-16-32(15-6-9-23-8-4-5-11-27(23)32)41-30(26)35-31(34-29)40-21-14-24-10-7-18-36(24)2/h3-5,8,11,24-25H,1,6-7,9-10,12-16,18-22H2,2H3/t24-,25-,32?/m0/s1. The number of carbonyl (C=O) groups excluding carboxylic acids is 1. The van der Waals surface area contributed by atoms with E-state index in [2.05, 4.69) is 53.8 Å². The SMILES string of the molecule is C=CC(=O)N1CCN(c2nc(OCC[C@@H]3CCCN3C)nc3c2CCC2(CCCc4ccccc42)O3)C[C@@H]1CC#N. The van der Waals surface area contributed by atoms with Gasteiger partial charge in [-0.15, -0.1) is 0 Å². The number of likely N-dealkylation sites (tertiary alicyclic amines) is 1. The third kappa shape index (κ3) is 5.38. The third-order valence-electron chi connectivity index (χ3n) is 9.45. The highest BCUT2D eigenvalue weighted by atomic mass is 16.5. The number of benzene rings is 1. The molecule has 216 valence electrons. The molecule has 3 atom stereocenters. The molecule has 0 saturated carbocycles. The molecule has 2 fully saturated rings. The number of nitriles is 1. The molecule has 0 N–H and O–H groups in total. The monoisotopic (exact) mass is 556 g/mol. The maximum atomic E-state index is 12.5. The Morgan fingerprint density at radius 1 is 1.20 bits per heavy atom. The summed E-state index contributed by atoms with van der Waals surface area (Å²) in [6.45, 7) is 6.94. The van der Waals surface area contributed by atoms with Crippen molar-refractivity contribution in [3.63, 3.8) is 0 Å². The van der Waals surface area contributed by atoms with Gasteiger partial charge in [0.25, 0.3) is 0 Å². The lowest BCUT2D eigenvalue weighted by Crippen LogP contribution is -2.55. The van der Waals surface area contributed by atoms with Gasteiger partial charge < -0.3 is 24.2 Å². The van der Waals surface area contributed by atoms with Gasteiger partial charge in [0.2, 0.25) is 11.8 Å². The number of nitrogens with zero attached hydrogens (tertiary/aromatic N) is 6. The van der Waals surface area contributed by atoms with Crippen molar-refractivity contribution in [2.75, 3.05) is 44.7 Å². The average Bonchev–Trinajstić information content (AvgIpc) is 3.41. The number of amides is 1. The van der Waals surface area contributed by atoms with Crippen LogP contribution in [0.3, 0.4) is 0 Å². The molecular weight excluding hydrogens is 516 g/mol. The molecule has 9 heteroatoms. The zero-order valence-electron chi connectivity index (χ0n) is 24.1. The molecule has 1 unspecified atom stereocenters. The molecule has 2 aromatic rings. The van der Waals surface area contributed by atoms with Crippen LogP contribution in [0.5, 0.6) is 11.9 Å². The second kappa shape index (κ2) is 11.7. The molecule has 6 rings (SSSR count). The highest BCUT2D eigenvalue weighted by Gasteiger charge is 2.44. The zero-order valence-corrected chi connectivity index (χ0v) is 24.1. The summed E-state index contributed by atoms with van der Waals surface area (Å²) in [5.41, 5.74) is 3.22. The van der Waals surface area contributed by atoms with Crippen LogP contribution in [0.25, 0.3) is 0 Å². The van der Waals surface area contributed by atoms with Crippen molar-refractivity contribution in [3.8, 4) is 18.0 Å². The van der Waals surface area contributed by atoms with E-state index in [0.717, 1.165) is 56.5 Å². The molecule has 1 aromatic heterocycles. The molecule has 0 radical (unpaired) electrons. The fourth-order valence-corrected chi connectivity index (χ4v) is 7.24. The van der Waals surface area contributed by atoms with Gasteiger partial charge in [-0.05, 0) is 82.2 Å². The fraction of sp³-hybridized carbons (Fsp3) is 0.562. The Bertz CT molecular complexity index is 1340. The van der Waals surface area contributed by atoms with E-state index in [0.29, 0.717) is 44.2 Å². The van der Waals surface area contributed by atoms with Crippen molar-refractivity contribution in [1.29, 1.82) is 5.26 Å². The molecule has 3 aliphatic heterocycles. The summed E-state index contributed by atoms with van der Waals surface area (Å²) in [5, 5.41) is 9.51. The van der Waals surface area contributed by atoms with Crippen LogP contribution in [-0.2, 0) is 23.2 Å². The minimum atomic E-state index is -0.393. The molecule has 1 aromatic carbocycles. The Hall–Kier alpha value is -3.64. The Morgan fingerprint density at radius 2 is 2.07 bits per heavy atom. The number of carbonyl (C=O) groups is 1. The average molecular weight is 557 g/mol. The second-order valence-electron chi connectivity index (χ2n) is 11.8. The van der Waals surface area contributed by atoms with Gasteiger partial charge >= 0.3 is 6.01 Å². The molecule has 1 aliphatic carbocycles. The van der Waals surface area contributed by atoms with Gasteiger partial charge in [0.15, 0.2) is 0 Å². The maximum Gasteiger partial charge on any atom is 0.321 e. The summed E-state index contributed by atoms with van der Waals surface area (Å²) in [6.07, 6.45) is 9.68. The summed E-state index contributed by atoms with van der Waals surface area (Å²) in [7, 11) is 2.18. The van der Waals surface area contributed by atoms with Crippen LogP contribution in [0.2, 0.25) is 0 Å². The number of rotatable bonds is 7. The lowest BCUT2D eigenvalue weighted by Gasteiger charge is -2.44. The van der Waals surface area contributed by atoms with E-state index in [9.17, 15) is 10.1 Å². The first-order chi connectivity index (χ1) is 20.0. The van der Waals surface area contributed by atoms with Crippen molar-refractivity contribution in [3.05, 3.63) is 53.6 Å². The predicted molar refractivity (Wildman–Crippen MR) is 156 cm³/mol. The lowest BCUT2D eigenvalue weighted by molar-refractivity contribution is -0.128. The van der Waals surface area contributed by atoms with Gasteiger partial charge in [0, 0.05) is 25.7 Å². The van der Waals surface area contributed by atoms with Crippen LogP contribution in [-0.4, -0.2) is 77.6 Å². The fourth-order valence-electron chi connectivity index (χ4n) is 7.24. The lowest BCUT2D eigenvalue weighted by atomic mass is 9.75. The molecule has 9 nitrogen and oxygen atoms in total. The molecule has 2 saturated heterocycles. The summed E-state index contributed by atoms with van der Waals surface area (Å²) < 4.78 is 13.1. The van der Waals surface area contributed by atoms with E-state index in [1.54, 1.807) is 4.90 Å². The van der Waals surface area contributed by atoms with Gasteiger partial charge in [-0.2, -0.15) is 15.2 Å². The van der Waals surface area contributed by atoms with Crippen molar-refractivity contribution >= 4 is 11.7 Å². The van der Waals surface area contributed by atoms with Gasteiger partial charge in [0.1, 0.15) is 11.4 Å². The first kappa shape index (κ1) is 27.5. The summed E-state index contributed by atoms with van der Waals surface area (Å²) >= 11 is 0. The summed E-state index contributed by atoms with van der Waals surface area (Å²) in [6, 6.07) is 11.5. The highest BCUT2D eigenvalue weighted by Crippen LogP contribution is 2.48. The first-order valence-electron chi connectivity index (χ1n) is 15.1. The minimum Gasteiger partial charge on any atom is -0.466 e. The van der Waals surface area contributed by atoms with E-state index in [4.69, 9.17) is 19.4 Å². The quantitative estimate of drug-likeness (QED) is 0.472. The Labute approximate surface area is 242 Å². The molecule has 4 aliphatic rings. The minimum absolute atomic E-state index is 0.142. The number of hydrogen-bond acceptors (Lipinski definition) is 8. The molecule has 4 heterocycles. The molecule has 1 amide bonds. The van der Waals surface area contributed by atoms with Crippen LogP contribution >= 0.6 is 0 Å². The molecule has 41 heavy (non-hydrogen) atoms.